The highest BCUT2D eigenvalue weighted by Crippen LogP contribution is 2.20. The number of rotatable bonds is 3. The number of nitrogen functional groups attached to an aromatic ring is 1. The molecule has 0 aliphatic heterocycles. The molecule has 2 aromatic rings. The van der Waals surface area contributed by atoms with Crippen molar-refractivity contribution in [3.63, 3.8) is 0 Å². The molecule has 0 atom stereocenters. The fraction of sp³-hybridized carbons (Fsp3) is 0.300. The van der Waals surface area contributed by atoms with Crippen molar-refractivity contribution in [1.29, 1.82) is 0 Å². The number of carbonyl (C=O) groups is 1. The quantitative estimate of drug-likeness (QED) is 0.863. The van der Waals surface area contributed by atoms with Crippen LogP contribution in [0.3, 0.4) is 0 Å². The number of nitrogens with zero attached hydrogens (tertiary/aromatic N) is 4. The lowest BCUT2D eigenvalue weighted by Gasteiger charge is -2.00. The molecule has 2 aromatic heterocycles. The average molecular weight is 270 g/mol. The molecule has 0 aliphatic carbocycles. The molecule has 0 aromatic carbocycles. The lowest BCUT2D eigenvalue weighted by Crippen LogP contribution is -2.05. The van der Waals surface area contributed by atoms with Crippen molar-refractivity contribution in [3.8, 4) is 0 Å². The van der Waals surface area contributed by atoms with Gasteiger partial charge in [0.1, 0.15) is 5.15 Å². The minimum Gasteiger partial charge on any atom is -0.476 e. The van der Waals surface area contributed by atoms with Crippen LogP contribution in [0.1, 0.15) is 21.7 Å². The van der Waals surface area contributed by atoms with Gasteiger partial charge in [-0.1, -0.05) is 11.6 Å². The third kappa shape index (κ3) is 2.04. The monoisotopic (exact) mass is 269 g/mol. The van der Waals surface area contributed by atoms with Gasteiger partial charge in [-0.05, 0) is 6.92 Å². The molecule has 7 nitrogen and oxygen atoms in total. The Morgan fingerprint density at radius 3 is 2.67 bits per heavy atom. The largest absolute Gasteiger partial charge is 0.476 e. The number of carboxylic acids is 1. The first-order valence-corrected chi connectivity index (χ1v) is 5.52. The SMILES string of the molecule is Cc1nn(C)c(Cl)c1Cn1cc(N)c(C(=O)O)n1. The van der Waals surface area contributed by atoms with Crippen molar-refractivity contribution < 1.29 is 9.90 Å². The Labute approximate surface area is 108 Å². The van der Waals surface area contributed by atoms with Gasteiger partial charge in [0.25, 0.3) is 0 Å². The minimum atomic E-state index is -1.15. The zero-order valence-electron chi connectivity index (χ0n) is 9.88. The number of carboxylic acid groups (broad SMARTS) is 1. The molecule has 3 N–H and O–H groups in total. The molecule has 18 heavy (non-hydrogen) atoms. The van der Waals surface area contributed by atoms with Crippen LogP contribution in [-0.2, 0) is 13.6 Å². The van der Waals surface area contributed by atoms with Gasteiger partial charge in [-0.2, -0.15) is 10.2 Å². The van der Waals surface area contributed by atoms with Crippen LogP contribution in [0.15, 0.2) is 6.20 Å². The standard InChI is InChI=1S/C10H12ClN5O2/c1-5-6(9(11)15(2)13-5)3-16-4-7(12)8(14-16)10(17)18/h4H,3,12H2,1-2H3,(H,17,18). The summed E-state index contributed by atoms with van der Waals surface area (Å²) in [6.45, 7) is 2.15. The van der Waals surface area contributed by atoms with Gasteiger partial charge < -0.3 is 10.8 Å². The van der Waals surface area contributed by atoms with Crippen molar-refractivity contribution in [3.05, 3.63) is 28.3 Å². The number of hydrogen-bond acceptors (Lipinski definition) is 4. The Morgan fingerprint density at radius 1 is 1.56 bits per heavy atom. The van der Waals surface area contributed by atoms with Gasteiger partial charge in [0.2, 0.25) is 0 Å². The van der Waals surface area contributed by atoms with Crippen LogP contribution >= 0.6 is 11.6 Å². The zero-order chi connectivity index (χ0) is 13.4. The van der Waals surface area contributed by atoms with Crippen molar-refractivity contribution in [1.82, 2.24) is 19.6 Å². The van der Waals surface area contributed by atoms with Gasteiger partial charge in [0, 0.05) is 18.8 Å². The van der Waals surface area contributed by atoms with Crippen LogP contribution in [0.25, 0.3) is 0 Å². The number of halogens is 1. The van der Waals surface area contributed by atoms with E-state index in [2.05, 4.69) is 10.2 Å². The van der Waals surface area contributed by atoms with E-state index in [1.54, 1.807) is 11.7 Å². The summed E-state index contributed by atoms with van der Waals surface area (Å²) in [4.78, 5) is 10.8. The molecule has 0 unspecified atom stereocenters. The number of anilines is 1. The Hall–Kier alpha value is -2.02. The molecule has 2 rings (SSSR count). The summed E-state index contributed by atoms with van der Waals surface area (Å²) in [5, 5.41) is 17.4. The van der Waals surface area contributed by atoms with E-state index >= 15 is 0 Å². The highest BCUT2D eigenvalue weighted by atomic mass is 35.5. The second-order valence-corrected chi connectivity index (χ2v) is 4.27. The van der Waals surface area contributed by atoms with Crippen LogP contribution in [0.4, 0.5) is 5.69 Å². The molecule has 0 aliphatic rings. The van der Waals surface area contributed by atoms with Crippen LogP contribution in [0.2, 0.25) is 5.15 Å². The van der Waals surface area contributed by atoms with E-state index in [4.69, 9.17) is 22.4 Å². The molecule has 0 amide bonds. The minimum absolute atomic E-state index is 0.125. The first-order chi connectivity index (χ1) is 8.40. The molecular weight excluding hydrogens is 258 g/mol. The Bertz CT molecular complexity index is 616. The maximum absolute atomic E-state index is 10.8. The van der Waals surface area contributed by atoms with Gasteiger partial charge in [0.15, 0.2) is 5.69 Å². The second-order valence-electron chi connectivity index (χ2n) is 3.91. The maximum atomic E-state index is 10.8. The molecule has 0 saturated heterocycles. The lowest BCUT2D eigenvalue weighted by atomic mass is 10.2. The number of aromatic nitrogens is 4. The number of aryl methyl sites for hydroxylation is 2. The third-order valence-electron chi connectivity index (χ3n) is 2.58. The maximum Gasteiger partial charge on any atom is 0.358 e. The summed E-state index contributed by atoms with van der Waals surface area (Å²) in [5.74, 6) is -1.15. The highest BCUT2D eigenvalue weighted by Gasteiger charge is 2.16. The first kappa shape index (κ1) is 12.4. The van der Waals surface area contributed by atoms with E-state index in [0.29, 0.717) is 11.7 Å². The van der Waals surface area contributed by atoms with E-state index in [0.717, 1.165) is 11.3 Å². The van der Waals surface area contributed by atoms with Crippen molar-refractivity contribution in [2.45, 2.75) is 13.5 Å². The Morgan fingerprint density at radius 2 is 2.22 bits per heavy atom. The summed E-state index contributed by atoms with van der Waals surface area (Å²) in [6, 6.07) is 0. The second kappa shape index (κ2) is 4.34. The van der Waals surface area contributed by atoms with Crippen molar-refractivity contribution in [2.75, 3.05) is 5.73 Å². The average Bonchev–Trinajstić information content (AvgIpc) is 2.75. The molecule has 0 fully saturated rings. The predicted octanol–water partition coefficient (Wildman–Crippen LogP) is 0.907. The van der Waals surface area contributed by atoms with E-state index in [-0.39, 0.29) is 11.4 Å². The lowest BCUT2D eigenvalue weighted by molar-refractivity contribution is 0.0690. The summed E-state index contributed by atoms with van der Waals surface area (Å²) in [5.41, 5.74) is 7.09. The van der Waals surface area contributed by atoms with Gasteiger partial charge in [-0.25, -0.2) is 4.79 Å². The number of nitrogens with two attached hydrogens (primary N) is 1. The van der Waals surface area contributed by atoms with E-state index in [1.165, 1.54) is 10.9 Å². The topological polar surface area (TPSA) is 99.0 Å². The van der Waals surface area contributed by atoms with Gasteiger partial charge in [0.05, 0.1) is 17.9 Å². The summed E-state index contributed by atoms with van der Waals surface area (Å²) >= 11 is 6.08. The molecule has 96 valence electrons. The van der Waals surface area contributed by atoms with Crippen molar-refractivity contribution >= 4 is 23.3 Å². The van der Waals surface area contributed by atoms with Gasteiger partial charge in [-0.3, -0.25) is 9.36 Å². The Kier molecular flexibility index (Phi) is 3.00. The summed E-state index contributed by atoms with van der Waals surface area (Å²) in [6.07, 6.45) is 1.46. The zero-order valence-corrected chi connectivity index (χ0v) is 10.6. The normalized spacial score (nSPS) is 10.8. The van der Waals surface area contributed by atoms with Crippen LogP contribution in [-0.4, -0.2) is 30.6 Å². The highest BCUT2D eigenvalue weighted by molar-refractivity contribution is 6.30. The summed E-state index contributed by atoms with van der Waals surface area (Å²) in [7, 11) is 1.74. The molecule has 8 heteroatoms. The van der Waals surface area contributed by atoms with Crippen LogP contribution < -0.4 is 5.73 Å². The molecule has 0 saturated carbocycles. The van der Waals surface area contributed by atoms with E-state index < -0.39 is 5.97 Å². The molecule has 0 radical (unpaired) electrons. The predicted molar refractivity (Wildman–Crippen MR) is 65.7 cm³/mol. The Balaban J connectivity index is 2.34. The smallest absolute Gasteiger partial charge is 0.358 e. The molecule has 0 bridgehead atoms. The van der Waals surface area contributed by atoms with Crippen LogP contribution in [0, 0.1) is 6.92 Å². The fourth-order valence-electron chi connectivity index (χ4n) is 1.70. The fourth-order valence-corrected chi connectivity index (χ4v) is 1.93. The van der Waals surface area contributed by atoms with Gasteiger partial charge in [-0.15, -0.1) is 0 Å². The molecule has 0 spiro atoms. The van der Waals surface area contributed by atoms with Crippen LogP contribution in [0.5, 0.6) is 0 Å². The third-order valence-corrected chi connectivity index (χ3v) is 3.06. The van der Waals surface area contributed by atoms with Gasteiger partial charge >= 0.3 is 5.97 Å². The number of hydrogen-bond donors (Lipinski definition) is 2. The number of aromatic carboxylic acids is 1. The molecular formula is C10H12ClN5O2. The van der Waals surface area contributed by atoms with E-state index in [1.807, 2.05) is 6.92 Å². The summed E-state index contributed by atoms with van der Waals surface area (Å²) < 4.78 is 2.99. The molecule has 2 heterocycles. The van der Waals surface area contributed by atoms with Crippen molar-refractivity contribution in [2.24, 2.45) is 7.05 Å². The first-order valence-electron chi connectivity index (χ1n) is 5.14. The van der Waals surface area contributed by atoms with E-state index in [9.17, 15) is 4.79 Å².